The first kappa shape index (κ1) is 23.1. The lowest BCUT2D eigenvalue weighted by molar-refractivity contribution is -0.380. The number of carbonyl (C=O) groups excluding carboxylic acids is 1. The zero-order chi connectivity index (χ0) is 18.3. The summed E-state index contributed by atoms with van der Waals surface area (Å²) >= 11 is 0. The van der Waals surface area contributed by atoms with Gasteiger partial charge in [-0.3, -0.25) is 0 Å². The Morgan fingerprint density at radius 2 is 1.50 bits per heavy atom. The highest BCUT2D eigenvalue weighted by Crippen LogP contribution is 2.32. The highest BCUT2D eigenvalue weighted by atomic mass is 16.9. The average Bonchev–Trinajstić information content (AvgIpc) is 2.62. The summed E-state index contributed by atoms with van der Waals surface area (Å²) in [6.07, 6.45) is 11.1. The lowest BCUT2D eigenvalue weighted by Crippen LogP contribution is -2.44. The van der Waals surface area contributed by atoms with Gasteiger partial charge >= 0.3 is 5.97 Å². The van der Waals surface area contributed by atoms with Crippen LogP contribution >= 0.6 is 0 Å². The van der Waals surface area contributed by atoms with Crippen molar-refractivity contribution >= 4 is 5.97 Å². The summed E-state index contributed by atoms with van der Waals surface area (Å²) in [6.45, 7) is 5.98. The molecule has 0 N–H and O–H groups in total. The van der Waals surface area contributed by atoms with Crippen molar-refractivity contribution in [3.05, 3.63) is 12.7 Å². The predicted molar refractivity (Wildman–Crippen MR) is 95.6 cm³/mol. The van der Waals surface area contributed by atoms with Crippen LogP contribution in [0.1, 0.15) is 64.7 Å². The molecule has 0 aliphatic rings. The van der Waals surface area contributed by atoms with Crippen LogP contribution in [0.25, 0.3) is 0 Å². The molecule has 0 amide bonds. The van der Waals surface area contributed by atoms with E-state index in [0.717, 1.165) is 25.7 Å². The number of hydrogen-bond acceptors (Lipinski definition) is 5. The molecule has 0 heterocycles. The van der Waals surface area contributed by atoms with Crippen molar-refractivity contribution in [1.29, 1.82) is 0 Å². The summed E-state index contributed by atoms with van der Waals surface area (Å²) in [6, 6.07) is 0. The summed E-state index contributed by atoms with van der Waals surface area (Å²) in [7, 11) is 4.79. The average molecular weight is 344 g/mol. The maximum Gasteiger partial charge on any atom is 0.330 e. The lowest BCUT2D eigenvalue weighted by Gasteiger charge is -2.36. The topological polar surface area (TPSA) is 54.0 Å². The van der Waals surface area contributed by atoms with Crippen molar-refractivity contribution in [1.82, 2.24) is 0 Å². The third-order valence-electron chi connectivity index (χ3n) is 4.37. The zero-order valence-corrected chi connectivity index (χ0v) is 16.0. The van der Waals surface area contributed by atoms with Crippen molar-refractivity contribution in [3.63, 3.8) is 0 Å². The Bertz CT molecular complexity index is 317. The summed E-state index contributed by atoms with van der Waals surface area (Å²) in [5, 5.41) is 0. The Labute approximate surface area is 147 Å². The van der Waals surface area contributed by atoms with E-state index in [1.165, 1.54) is 38.2 Å². The van der Waals surface area contributed by atoms with Crippen LogP contribution in [0.4, 0.5) is 0 Å². The van der Waals surface area contributed by atoms with Crippen molar-refractivity contribution in [2.45, 2.75) is 70.7 Å². The molecule has 0 aromatic carbocycles. The largest absolute Gasteiger partial charge is 0.463 e. The van der Waals surface area contributed by atoms with Crippen molar-refractivity contribution in [2.75, 3.05) is 27.9 Å². The number of ether oxygens (including phenoxy) is 4. The van der Waals surface area contributed by atoms with E-state index >= 15 is 0 Å². The van der Waals surface area contributed by atoms with Crippen LogP contribution in [-0.2, 0) is 23.7 Å². The van der Waals surface area contributed by atoms with Gasteiger partial charge in [0.25, 0.3) is 5.97 Å². The van der Waals surface area contributed by atoms with Gasteiger partial charge in [0.15, 0.2) is 0 Å². The van der Waals surface area contributed by atoms with Gasteiger partial charge in [0.05, 0.1) is 6.61 Å². The van der Waals surface area contributed by atoms with E-state index < -0.39 is 5.97 Å². The second-order valence-corrected chi connectivity index (χ2v) is 5.98. The van der Waals surface area contributed by atoms with Crippen LogP contribution in [0.15, 0.2) is 12.7 Å². The Balaban J connectivity index is 4.43. The highest BCUT2D eigenvalue weighted by molar-refractivity contribution is 5.81. The molecule has 5 nitrogen and oxygen atoms in total. The molecule has 0 aliphatic carbocycles. The van der Waals surface area contributed by atoms with Crippen LogP contribution in [0.2, 0.25) is 0 Å². The molecule has 0 spiro atoms. The molecule has 0 aromatic heterocycles. The predicted octanol–water partition coefficient (Wildman–Crippen LogP) is 4.46. The smallest absolute Gasteiger partial charge is 0.330 e. The van der Waals surface area contributed by atoms with E-state index in [-0.39, 0.29) is 11.9 Å². The molecule has 0 fully saturated rings. The Hall–Kier alpha value is -0.910. The van der Waals surface area contributed by atoms with E-state index in [2.05, 4.69) is 13.5 Å². The molecule has 1 atom stereocenters. The fraction of sp³-hybridized carbons (Fsp3) is 0.842. The van der Waals surface area contributed by atoms with Gasteiger partial charge in [-0.15, -0.1) is 0 Å². The molecule has 5 heteroatoms. The van der Waals surface area contributed by atoms with E-state index in [4.69, 9.17) is 18.9 Å². The van der Waals surface area contributed by atoms with Gasteiger partial charge < -0.3 is 18.9 Å². The van der Waals surface area contributed by atoms with Crippen LogP contribution in [0, 0.1) is 5.92 Å². The minimum Gasteiger partial charge on any atom is -0.463 e. The van der Waals surface area contributed by atoms with Crippen LogP contribution in [0.3, 0.4) is 0 Å². The van der Waals surface area contributed by atoms with Gasteiger partial charge in [0, 0.05) is 33.3 Å². The van der Waals surface area contributed by atoms with Crippen LogP contribution < -0.4 is 0 Å². The molecule has 142 valence electrons. The minimum atomic E-state index is -1.04. The number of esters is 1. The highest BCUT2D eigenvalue weighted by Gasteiger charge is 2.39. The SMILES string of the molecule is C=CC(=O)OCCC[C@@H](CCCCCCCC)C(OC)(OC)OC. The molecule has 0 saturated heterocycles. The van der Waals surface area contributed by atoms with E-state index in [0.29, 0.717) is 6.61 Å². The van der Waals surface area contributed by atoms with E-state index in [1.807, 2.05) is 0 Å². The summed E-state index contributed by atoms with van der Waals surface area (Å²) in [5.41, 5.74) is 0. The third-order valence-corrected chi connectivity index (χ3v) is 4.37. The molecular formula is C19H36O5. The van der Waals surface area contributed by atoms with Crippen molar-refractivity contribution < 1.29 is 23.7 Å². The van der Waals surface area contributed by atoms with Crippen molar-refractivity contribution in [3.8, 4) is 0 Å². The second-order valence-electron chi connectivity index (χ2n) is 5.98. The van der Waals surface area contributed by atoms with Gasteiger partial charge in [0.1, 0.15) is 0 Å². The maximum absolute atomic E-state index is 11.1. The molecule has 0 radical (unpaired) electrons. The monoisotopic (exact) mass is 344 g/mol. The second kappa shape index (κ2) is 14.4. The standard InChI is InChI=1S/C19H36O5/c1-6-8-9-10-11-12-14-17(19(21-3,22-4)23-5)15-13-16-24-18(20)7-2/h7,17H,2,6,8-16H2,1,3-5H3/t17-/m1/s1. The Morgan fingerprint density at radius 1 is 0.958 bits per heavy atom. The number of rotatable bonds is 16. The van der Waals surface area contributed by atoms with Gasteiger partial charge in [-0.1, -0.05) is 52.0 Å². The molecule has 0 saturated carbocycles. The molecule has 0 aromatic rings. The maximum atomic E-state index is 11.1. The van der Waals surface area contributed by atoms with Gasteiger partial charge in [-0.2, -0.15) is 0 Å². The Kier molecular flexibility index (Phi) is 13.9. The van der Waals surface area contributed by atoms with Crippen LogP contribution in [-0.4, -0.2) is 39.9 Å². The molecule has 0 bridgehead atoms. The summed E-state index contributed by atoms with van der Waals surface area (Å²) in [5.74, 6) is -1.34. The first-order chi connectivity index (χ1) is 11.6. The van der Waals surface area contributed by atoms with Gasteiger partial charge in [-0.25, -0.2) is 4.79 Å². The van der Waals surface area contributed by atoms with Crippen LogP contribution in [0.5, 0.6) is 0 Å². The fourth-order valence-corrected chi connectivity index (χ4v) is 2.98. The summed E-state index contributed by atoms with van der Waals surface area (Å²) < 4.78 is 21.6. The lowest BCUT2D eigenvalue weighted by atomic mass is 9.93. The zero-order valence-electron chi connectivity index (χ0n) is 16.0. The Morgan fingerprint density at radius 3 is 2.04 bits per heavy atom. The summed E-state index contributed by atoms with van der Waals surface area (Å²) in [4.78, 5) is 11.1. The minimum absolute atomic E-state index is 0.0890. The fourth-order valence-electron chi connectivity index (χ4n) is 2.98. The molecule has 0 aliphatic heterocycles. The van der Waals surface area contributed by atoms with Gasteiger partial charge in [0.2, 0.25) is 0 Å². The third kappa shape index (κ3) is 8.81. The number of unbranched alkanes of at least 4 members (excludes halogenated alkanes) is 5. The number of carbonyl (C=O) groups is 1. The van der Waals surface area contributed by atoms with E-state index in [1.54, 1.807) is 21.3 Å². The van der Waals surface area contributed by atoms with Gasteiger partial charge in [-0.05, 0) is 19.3 Å². The van der Waals surface area contributed by atoms with E-state index in [9.17, 15) is 4.79 Å². The molecule has 0 rings (SSSR count). The quantitative estimate of drug-likeness (QED) is 0.179. The number of methoxy groups -OCH3 is 3. The molecular weight excluding hydrogens is 308 g/mol. The molecule has 24 heavy (non-hydrogen) atoms. The molecule has 0 unspecified atom stereocenters. The first-order valence-electron chi connectivity index (χ1n) is 9.04. The first-order valence-corrected chi connectivity index (χ1v) is 9.04. The van der Waals surface area contributed by atoms with Crippen molar-refractivity contribution in [2.24, 2.45) is 5.92 Å². The number of hydrogen-bond donors (Lipinski definition) is 0. The normalized spacial score (nSPS) is 12.8.